The number of ether oxygens (including phenoxy) is 1. The number of methoxy groups -OCH3 is 1. The van der Waals surface area contributed by atoms with E-state index in [4.69, 9.17) is 9.72 Å². The molecule has 1 aromatic carbocycles. The van der Waals surface area contributed by atoms with Crippen LogP contribution >= 0.6 is 0 Å². The maximum atomic E-state index is 5.46. The van der Waals surface area contributed by atoms with Crippen LogP contribution in [-0.2, 0) is 13.6 Å². The van der Waals surface area contributed by atoms with E-state index in [1.165, 1.54) is 11.3 Å². The van der Waals surface area contributed by atoms with Crippen molar-refractivity contribution in [3.05, 3.63) is 53.6 Å². The second-order valence-corrected chi connectivity index (χ2v) is 8.55. The Morgan fingerprint density at radius 3 is 2.77 bits per heavy atom. The number of aryl methyl sites for hydroxylation is 1. The molecule has 3 aromatic rings. The Hall–Kier alpha value is -2.93. The van der Waals surface area contributed by atoms with Crippen LogP contribution in [-0.4, -0.2) is 58.9 Å². The molecule has 2 aromatic heterocycles. The molecule has 0 amide bonds. The van der Waals surface area contributed by atoms with Gasteiger partial charge in [0.15, 0.2) is 0 Å². The lowest BCUT2D eigenvalue weighted by Gasteiger charge is -2.33. The van der Waals surface area contributed by atoms with Gasteiger partial charge in [-0.3, -0.25) is 9.58 Å². The lowest BCUT2D eigenvalue weighted by molar-refractivity contribution is 0.198. The Morgan fingerprint density at radius 2 is 2.06 bits per heavy atom. The molecule has 1 aliphatic heterocycles. The first-order chi connectivity index (χ1) is 15.0. The minimum Gasteiger partial charge on any atom is -0.497 e. The number of likely N-dealkylation sites (tertiary alicyclic amines) is 1. The van der Waals surface area contributed by atoms with Crippen LogP contribution in [0.4, 0.5) is 5.95 Å². The summed E-state index contributed by atoms with van der Waals surface area (Å²) in [4.78, 5) is 14.1. The predicted octanol–water partition coefficient (Wildman–Crippen LogP) is 3.64. The molecule has 1 atom stereocenters. The van der Waals surface area contributed by atoms with Gasteiger partial charge in [-0.2, -0.15) is 5.10 Å². The van der Waals surface area contributed by atoms with Crippen LogP contribution in [0, 0.1) is 6.92 Å². The summed E-state index contributed by atoms with van der Waals surface area (Å²) < 4.78 is 7.40. The van der Waals surface area contributed by atoms with Crippen LogP contribution < -0.4 is 9.64 Å². The fraction of sp³-hybridized carbons (Fsp3) is 0.458. The van der Waals surface area contributed by atoms with Gasteiger partial charge in [0.25, 0.3) is 0 Å². The maximum absolute atomic E-state index is 5.46. The first kappa shape index (κ1) is 21.3. The van der Waals surface area contributed by atoms with Crippen LogP contribution in [0.1, 0.15) is 35.7 Å². The van der Waals surface area contributed by atoms with Gasteiger partial charge in [-0.25, -0.2) is 9.97 Å². The monoisotopic (exact) mass is 420 g/mol. The van der Waals surface area contributed by atoms with Crippen molar-refractivity contribution in [2.45, 2.75) is 32.2 Å². The third-order valence-electron chi connectivity index (χ3n) is 6.21. The van der Waals surface area contributed by atoms with Crippen molar-refractivity contribution in [1.29, 1.82) is 0 Å². The number of aromatic nitrogens is 4. The molecule has 4 rings (SSSR count). The smallest absolute Gasteiger partial charge is 0.225 e. The third-order valence-corrected chi connectivity index (χ3v) is 6.21. The van der Waals surface area contributed by atoms with Gasteiger partial charge < -0.3 is 9.64 Å². The van der Waals surface area contributed by atoms with Crippen molar-refractivity contribution in [2.75, 3.05) is 39.2 Å². The normalized spacial score (nSPS) is 17.0. The number of hydrogen-bond donors (Lipinski definition) is 0. The highest BCUT2D eigenvalue weighted by Gasteiger charge is 2.26. The van der Waals surface area contributed by atoms with Crippen LogP contribution in [0.5, 0.6) is 5.75 Å². The molecule has 7 heteroatoms. The predicted molar refractivity (Wildman–Crippen MR) is 124 cm³/mol. The van der Waals surface area contributed by atoms with Crippen molar-refractivity contribution < 1.29 is 4.74 Å². The highest BCUT2D eigenvalue weighted by atomic mass is 16.5. The van der Waals surface area contributed by atoms with E-state index in [0.717, 1.165) is 61.0 Å². The number of piperidine rings is 1. The number of anilines is 1. The van der Waals surface area contributed by atoms with E-state index in [1.807, 2.05) is 55.3 Å². The Morgan fingerprint density at radius 1 is 1.23 bits per heavy atom. The van der Waals surface area contributed by atoms with Gasteiger partial charge in [-0.15, -0.1) is 0 Å². The molecule has 1 aliphatic rings. The minimum absolute atomic E-state index is 0.355. The number of hydrogen-bond acceptors (Lipinski definition) is 6. The molecule has 0 radical (unpaired) electrons. The lowest BCUT2D eigenvalue weighted by atomic mass is 9.89. The van der Waals surface area contributed by atoms with Gasteiger partial charge in [0.05, 0.1) is 19.0 Å². The molecule has 0 N–H and O–H groups in total. The van der Waals surface area contributed by atoms with E-state index in [1.54, 1.807) is 7.11 Å². The molecular weight excluding hydrogens is 388 g/mol. The standard InChI is InChI=1S/C24H32N6O/c1-17-20(13-26-29(17)4)16-30-11-7-9-19(15-30)23-22(14-25-24(27-23)28(2)3)18-8-6-10-21(12-18)31-5/h6,8,10,12-14,19H,7,9,11,15-16H2,1-5H3/t19-/m0/s1. The van der Waals surface area contributed by atoms with Crippen LogP contribution in [0.25, 0.3) is 11.1 Å². The van der Waals surface area contributed by atoms with Gasteiger partial charge in [0, 0.05) is 63.2 Å². The summed E-state index contributed by atoms with van der Waals surface area (Å²) >= 11 is 0. The van der Waals surface area contributed by atoms with Gasteiger partial charge in [-0.1, -0.05) is 12.1 Å². The van der Waals surface area contributed by atoms with Crippen LogP contribution in [0.3, 0.4) is 0 Å². The Balaban J connectivity index is 1.66. The Labute approximate surface area is 184 Å². The summed E-state index contributed by atoms with van der Waals surface area (Å²) in [5, 5.41) is 4.41. The minimum atomic E-state index is 0.355. The van der Waals surface area contributed by atoms with E-state index in [-0.39, 0.29) is 0 Å². The van der Waals surface area contributed by atoms with E-state index in [9.17, 15) is 0 Å². The summed E-state index contributed by atoms with van der Waals surface area (Å²) in [7, 11) is 7.68. The summed E-state index contributed by atoms with van der Waals surface area (Å²) in [6.45, 7) is 5.15. The fourth-order valence-electron chi connectivity index (χ4n) is 4.29. The van der Waals surface area contributed by atoms with Crippen molar-refractivity contribution in [3.8, 4) is 16.9 Å². The molecule has 1 fully saturated rings. The van der Waals surface area contributed by atoms with E-state index < -0.39 is 0 Å². The second-order valence-electron chi connectivity index (χ2n) is 8.55. The summed E-state index contributed by atoms with van der Waals surface area (Å²) in [5.74, 6) is 1.95. The molecule has 1 saturated heterocycles. The molecule has 164 valence electrons. The average Bonchev–Trinajstić information content (AvgIpc) is 3.11. The van der Waals surface area contributed by atoms with Gasteiger partial charge in [0.1, 0.15) is 5.75 Å². The quantitative estimate of drug-likeness (QED) is 0.607. The zero-order valence-corrected chi connectivity index (χ0v) is 19.2. The molecular formula is C24H32N6O. The first-order valence-electron chi connectivity index (χ1n) is 10.8. The summed E-state index contributed by atoms with van der Waals surface area (Å²) in [5.41, 5.74) is 5.84. The van der Waals surface area contributed by atoms with Gasteiger partial charge in [-0.05, 0) is 44.0 Å². The Bertz CT molecular complexity index is 1040. The summed E-state index contributed by atoms with van der Waals surface area (Å²) in [6.07, 6.45) is 6.25. The van der Waals surface area contributed by atoms with E-state index in [2.05, 4.69) is 34.0 Å². The SMILES string of the molecule is COc1cccc(-c2cnc(N(C)C)nc2[C@H]2CCCN(Cc3cnn(C)c3C)C2)c1. The molecule has 3 heterocycles. The molecule has 0 unspecified atom stereocenters. The number of benzene rings is 1. The highest BCUT2D eigenvalue weighted by Crippen LogP contribution is 2.35. The molecule has 0 saturated carbocycles. The largest absolute Gasteiger partial charge is 0.497 e. The molecule has 31 heavy (non-hydrogen) atoms. The van der Waals surface area contributed by atoms with Crippen LogP contribution in [0.2, 0.25) is 0 Å². The van der Waals surface area contributed by atoms with E-state index >= 15 is 0 Å². The van der Waals surface area contributed by atoms with E-state index in [0.29, 0.717) is 5.92 Å². The van der Waals surface area contributed by atoms with Crippen LogP contribution in [0.15, 0.2) is 36.7 Å². The number of rotatable bonds is 6. The molecule has 0 aliphatic carbocycles. The second kappa shape index (κ2) is 9.06. The topological polar surface area (TPSA) is 59.3 Å². The van der Waals surface area contributed by atoms with Gasteiger partial charge >= 0.3 is 0 Å². The van der Waals surface area contributed by atoms with Crippen molar-refractivity contribution >= 4 is 5.95 Å². The maximum Gasteiger partial charge on any atom is 0.225 e. The third kappa shape index (κ3) is 4.56. The number of nitrogens with zero attached hydrogens (tertiary/aromatic N) is 6. The van der Waals surface area contributed by atoms with Gasteiger partial charge in [0.2, 0.25) is 5.95 Å². The molecule has 0 bridgehead atoms. The first-order valence-corrected chi connectivity index (χ1v) is 10.8. The average molecular weight is 421 g/mol. The Kier molecular flexibility index (Phi) is 6.23. The fourth-order valence-corrected chi connectivity index (χ4v) is 4.29. The molecule has 7 nitrogen and oxygen atoms in total. The van der Waals surface area contributed by atoms with Crippen molar-refractivity contribution in [2.24, 2.45) is 7.05 Å². The highest BCUT2D eigenvalue weighted by molar-refractivity contribution is 5.68. The van der Waals surface area contributed by atoms with Crippen molar-refractivity contribution in [3.63, 3.8) is 0 Å². The lowest BCUT2D eigenvalue weighted by Crippen LogP contribution is -2.34. The zero-order valence-electron chi connectivity index (χ0n) is 19.2. The summed E-state index contributed by atoms with van der Waals surface area (Å²) in [6, 6.07) is 8.17. The van der Waals surface area contributed by atoms with Crippen molar-refractivity contribution in [1.82, 2.24) is 24.6 Å². The molecule has 0 spiro atoms. The zero-order chi connectivity index (χ0) is 22.0.